The standard InChI is InChI=1S/C13H14N2O3S/c16-12(15-5-9-4-14-6-19-9)10-7-1-2-8(3-7)11(10)13(17)18/h1-2,4,6-8,10-11H,3,5H2,(H,15,16)(H,17,18). The zero-order chi connectivity index (χ0) is 13.4. The van der Waals surface area contributed by atoms with Gasteiger partial charge in [-0.1, -0.05) is 12.2 Å². The van der Waals surface area contributed by atoms with Gasteiger partial charge in [0.2, 0.25) is 5.91 Å². The molecule has 6 heteroatoms. The molecule has 19 heavy (non-hydrogen) atoms. The summed E-state index contributed by atoms with van der Waals surface area (Å²) >= 11 is 1.47. The Morgan fingerprint density at radius 3 is 2.74 bits per heavy atom. The average molecular weight is 278 g/mol. The van der Waals surface area contributed by atoms with Crippen LogP contribution in [0.5, 0.6) is 0 Å². The van der Waals surface area contributed by atoms with Crippen molar-refractivity contribution in [2.45, 2.75) is 13.0 Å². The van der Waals surface area contributed by atoms with Crippen LogP contribution in [0.1, 0.15) is 11.3 Å². The predicted octanol–water partition coefficient (Wildman–Crippen LogP) is 1.28. The highest BCUT2D eigenvalue weighted by Gasteiger charge is 2.51. The fraction of sp³-hybridized carbons (Fsp3) is 0.462. The number of carbonyl (C=O) groups excluding carboxylic acids is 1. The van der Waals surface area contributed by atoms with Gasteiger partial charge in [-0.05, 0) is 18.3 Å². The first-order valence-corrected chi connectivity index (χ1v) is 7.11. The highest BCUT2D eigenvalue weighted by molar-refractivity contribution is 7.09. The van der Waals surface area contributed by atoms with Gasteiger partial charge in [-0.2, -0.15) is 0 Å². The van der Waals surface area contributed by atoms with Crippen LogP contribution >= 0.6 is 11.3 Å². The average Bonchev–Trinajstić information content (AvgIpc) is 3.10. The van der Waals surface area contributed by atoms with Gasteiger partial charge in [-0.25, -0.2) is 0 Å². The van der Waals surface area contributed by atoms with Crippen LogP contribution in [0.25, 0.3) is 0 Å². The minimum absolute atomic E-state index is 0.0154. The van der Waals surface area contributed by atoms with E-state index in [0.717, 1.165) is 11.3 Å². The predicted molar refractivity (Wildman–Crippen MR) is 69.3 cm³/mol. The normalized spacial score (nSPS) is 31.6. The monoisotopic (exact) mass is 278 g/mol. The van der Waals surface area contributed by atoms with Crippen molar-refractivity contribution in [2.24, 2.45) is 23.7 Å². The third-order valence-electron chi connectivity index (χ3n) is 3.97. The van der Waals surface area contributed by atoms with Crippen LogP contribution in [-0.4, -0.2) is 22.0 Å². The Labute approximate surface area is 114 Å². The first-order chi connectivity index (χ1) is 9.16. The molecule has 1 saturated carbocycles. The maximum Gasteiger partial charge on any atom is 0.307 e. The second-order valence-electron chi connectivity index (χ2n) is 5.02. The lowest BCUT2D eigenvalue weighted by atomic mass is 9.82. The molecule has 1 heterocycles. The molecule has 0 saturated heterocycles. The number of carbonyl (C=O) groups is 2. The van der Waals surface area contributed by atoms with E-state index in [9.17, 15) is 14.7 Å². The molecule has 100 valence electrons. The fourth-order valence-electron chi connectivity index (χ4n) is 3.14. The van der Waals surface area contributed by atoms with E-state index >= 15 is 0 Å². The van der Waals surface area contributed by atoms with Crippen LogP contribution in [0.2, 0.25) is 0 Å². The van der Waals surface area contributed by atoms with Gasteiger partial charge >= 0.3 is 5.97 Å². The van der Waals surface area contributed by atoms with Crippen LogP contribution in [0.4, 0.5) is 0 Å². The summed E-state index contributed by atoms with van der Waals surface area (Å²) < 4.78 is 0. The summed E-state index contributed by atoms with van der Waals surface area (Å²) in [7, 11) is 0. The van der Waals surface area contributed by atoms with Gasteiger partial charge in [0.1, 0.15) is 0 Å². The van der Waals surface area contributed by atoms with Crippen molar-refractivity contribution in [2.75, 3.05) is 0 Å². The molecule has 2 bridgehead atoms. The summed E-state index contributed by atoms with van der Waals surface area (Å²) in [6, 6.07) is 0. The Morgan fingerprint density at radius 2 is 2.11 bits per heavy atom. The lowest BCUT2D eigenvalue weighted by Gasteiger charge is -2.23. The number of amides is 1. The van der Waals surface area contributed by atoms with E-state index in [1.165, 1.54) is 11.3 Å². The summed E-state index contributed by atoms with van der Waals surface area (Å²) in [5, 5.41) is 12.1. The van der Waals surface area contributed by atoms with Crippen LogP contribution in [0, 0.1) is 23.7 Å². The molecule has 1 aromatic heterocycles. The SMILES string of the molecule is O=C(O)C1C2C=CC(C2)C1C(=O)NCc1cncs1. The fourth-order valence-corrected chi connectivity index (χ4v) is 3.67. The first-order valence-electron chi connectivity index (χ1n) is 6.23. The largest absolute Gasteiger partial charge is 0.481 e. The van der Waals surface area contributed by atoms with E-state index in [0.29, 0.717) is 6.54 Å². The van der Waals surface area contributed by atoms with Gasteiger partial charge in [0, 0.05) is 11.1 Å². The zero-order valence-electron chi connectivity index (χ0n) is 10.2. The van der Waals surface area contributed by atoms with Crippen molar-refractivity contribution < 1.29 is 14.7 Å². The van der Waals surface area contributed by atoms with Crippen LogP contribution in [-0.2, 0) is 16.1 Å². The number of aliphatic carboxylic acids is 1. The number of fused-ring (bicyclic) bond motifs is 2. The molecule has 2 N–H and O–H groups in total. The van der Waals surface area contributed by atoms with Crippen LogP contribution in [0.3, 0.4) is 0 Å². The molecule has 3 rings (SSSR count). The van der Waals surface area contributed by atoms with Gasteiger partial charge < -0.3 is 10.4 Å². The molecule has 0 radical (unpaired) electrons. The van der Waals surface area contributed by atoms with Crippen molar-refractivity contribution in [3.8, 4) is 0 Å². The molecule has 0 aliphatic heterocycles. The Bertz CT molecular complexity index is 526. The molecule has 5 nitrogen and oxygen atoms in total. The summed E-state index contributed by atoms with van der Waals surface area (Å²) in [5.74, 6) is -1.93. The van der Waals surface area contributed by atoms with Crippen molar-refractivity contribution in [3.63, 3.8) is 0 Å². The summed E-state index contributed by atoms with van der Waals surface area (Å²) in [4.78, 5) is 28.5. The molecule has 4 unspecified atom stereocenters. The second kappa shape index (κ2) is 4.77. The number of hydrogen-bond donors (Lipinski definition) is 2. The summed E-state index contributed by atoms with van der Waals surface area (Å²) in [6.07, 6.45) is 6.42. The maximum atomic E-state index is 12.2. The molecule has 2 aliphatic rings. The van der Waals surface area contributed by atoms with Crippen molar-refractivity contribution >= 4 is 23.2 Å². The summed E-state index contributed by atoms with van der Waals surface area (Å²) in [5.41, 5.74) is 1.71. The Hall–Kier alpha value is -1.69. The second-order valence-corrected chi connectivity index (χ2v) is 5.99. The van der Waals surface area contributed by atoms with Crippen molar-refractivity contribution in [1.29, 1.82) is 0 Å². The lowest BCUT2D eigenvalue weighted by molar-refractivity contribution is -0.147. The molecule has 0 spiro atoms. The van der Waals surface area contributed by atoms with Gasteiger partial charge in [-0.15, -0.1) is 11.3 Å². The molecular weight excluding hydrogens is 264 g/mol. The molecule has 1 fully saturated rings. The van der Waals surface area contributed by atoms with E-state index in [1.807, 2.05) is 12.2 Å². The molecule has 1 amide bonds. The number of hydrogen-bond acceptors (Lipinski definition) is 4. The highest BCUT2D eigenvalue weighted by atomic mass is 32.1. The smallest absolute Gasteiger partial charge is 0.307 e. The van der Waals surface area contributed by atoms with Gasteiger partial charge in [-0.3, -0.25) is 14.6 Å². The number of aromatic nitrogens is 1. The number of allylic oxidation sites excluding steroid dienone is 2. The van der Waals surface area contributed by atoms with Crippen LogP contribution in [0.15, 0.2) is 23.9 Å². The quantitative estimate of drug-likeness (QED) is 0.813. The Morgan fingerprint density at radius 1 is 1.37 bits per heavy atom. The number of carboxylic acids is 1. The van der Waals surface area contributed by atoms with Gasteiger partial charge in [0.25, 0.3) is 0 Å². The van der Waals surface area contributed by atoms with Crippen molar-refractivity contribution in [3.05, 3.63) is 28.7 Å². The topological polar surface area (TPSA) is 79.3 Å². The van der Waals surface area contributed by atoms with Gasteiger partial charge in [0.05, 0.1) is 23.9 Å². The third kappa shape index (κ3) is 2.16. The summed E-state index contributed by atoms with van der Waals surface area (Å²) in [6.45, 7) is 0.424. The number of carboxylic acid groups (broad SMARTS) is 1. The Balaban J connectivity index is 1.68. The minimum Gasteiger partial charge on any atom is -0.481 e. The number of nitrogens with zero attached hydrogens (tertiary/aromatic N) is 1. The van der Waals surface area contributed by atoms with E-state index < -0.39 is 17.8 Å². The molecule has 1 aromatic rings. The molecule has 2 aliphatic carbocycles. The van der Waals surface area contributed by atoms with Crippen LogP contribution < -0.4 is 5.32 Å². The number of rotatable bonds is 4. The number of nitrogens with one attached hydrogen (secondary N) is 1. The Kier molecular flexibility index (Phi) is 3.10. The van der Waals surface area contributed by atoms with Crippen molar-refractivity contribution in [1.82, 2.24) is 10.3 Å². The third-order valence-corrected chi connectivity index (χ3v) is 4.75. The molecule has 4 atom stereocenters. The van der Waals surface area contributed by atoms with Gasteiger partial charge in [0.15, 0.2) is 0 Å². The number of thiazole rings is 1. The van der Waals surface area contributed by atoms with E-state index in [2.05, 4.69) is 10.3 Å². The zero-order valence-corrected chi connectivity index (χ0v) is 11.0. The molecule has 0 aromatic carbocycles. The minimum atomic E-state index is -0.866. The molecular formula is C13H14N2O3S. The highest BCUT2D eigenvalue weighted by Crippen LogP contribution is 2.48. The van der Waals surface area contributed by atoms with E-state index in [4.69, 9.17) is 0 Å². The maximum absolute atomic E-state index is 12.2. The lowest BCUT2D eigenvalue weighted by Crippen LogP contribution is -2.39. The van der Waals surface area contributed by atoms with E-state index in [-0.39, 0.29) is 17.7 Å². The van der Waals surface area contributed by atoms with E-state index in [1.54, 1.807) is 11.7 Å². The first kappa shape index (κ1) is 12.3.